The molecule has 6 nitrogen and oxygen atoms in total. The topological polar surface area (TPSA) is 71.1 Å². The van der Waals surface area contributed by atoms with Gasteiger partial charge < -0.3 is 18.9 Å². The molecule has 0 aromatic carbocycles. The van der Waals surface area contributed by atoms with Crippen LogP contribution in [-0.2, 0) is 28.5 Å². The predicted octanol–water partition coefficient (Wildman–Crippen LogP) is 0.409. The normalized spacial score (nSPS) is 27.6. The van der Waals surface area contributed by atoms with Crippen LogP contribution in [0.2, 0.25) is 0 Å². The highest BCUT2D eigenvalue weighted by molar-refractivity contribution is 5.66. The lowest BCUT2D eigenvalue weighted by Crippen LogP contribution is -2.41. The number of carbonyl (C=O) groups is 2. The van der Waals surface area contributed by atoms with Crippen LogP contribution in [0.5, 0.6) is 0 Å². The van der Waals surface area contributed by atoms with Crippen LogP contribution in [0.15, 0.2) is 12.2 Å². The summed E-state index contributed by atoms with van der Waals surface area (Å²) in [6.45, 7) is 2.62. The van der Waals surface area contributed by atoms with E-state index in [1.807, 2.05) is 0 Å². The molecule has 0 aromatic heterocycles. The van der Waals surface area contributed by atoms with E-state index in [2.05, 4.69) is 0 Å². The standard InChI is InChI=1S/C11H16O6/c1-7(12)15-6-10-9(16-8(2)13)4-5-11(14-3)17-10/h4-5,9-11H,6H2,1-3H3/t9-,10-,11+/m1/s1. The molecule has 0 aromatic rings. The first-order valence-electron chi connectivity index (χ1n) is 5.20. The maximum atomic E-state index is 10.9. The highest BCUT2D eigenvalue weighted by atomic mass is 16.7. The van der Waals surface area contributed by atoms with Gasteiger partial charge in [0.25, 0.3) is 0 Å². The fourth-order valence-electron chi connectivity index (χ4n) is 1.39. The zero-order valence-corrected chi connectivity index (χ0v) is 10.0. The van der Waals surface area contributed by atoms with Crippen molar-refractivity contribution in [2.45, 2.75) is 32.3 Å². The Morgan fingerprint density at radius 2 is 1.94 bits per heavy atom. The largest absolute Gasteiger partial charge is 0.463 e. The molecular weight excluding hydrogens is 228 g/mol. The van der Waals surface area contributed by atoms with Gasteiger partial charge in [-0.05, 0) is 12.2 Å². The summed E-state index contributed by atoms with van der Waals surface area (Å²) in [6.07, 6.45) is 1.64. The van der Waals surface area contributed by atoms with E-state index in [-0.39, 0.29) is 6.61 Å². The van der Waals surface area contributed by atoms with Gasteiger partial charge in [0.05, 0.1) is 0 Å². The summed E-state index contributed by atoms with van der Waals surface area (Å²) in [5, 5.41) is 0. The van der Waals surface area contributed by atoms with Gasteiger partial charge in [-0.15, -0.1) is 0 Å². The molecule has 0 amide bonds. The summed E-state index contributed by atoms with van der Waals surface area (Å²) in [5.41, 5.74) is 0. The number of methoxy groups -OCH3 is 1. The quantitative estimate of drug-likeness (QED) is 0.527. The molecule has 3 atom stereocenters. The summed E-state index contributed by atoms with van der Waals surface area (Å²) in [7, 11) is 1.49. The summed E-state index contributed by atoms with van der Waals surface area (Å²) < 4.78 is 20.3. The molecule has 17 heavy (non-hydrogen) atoms. The lowest BCUT2D eigenvalue weighted by Gasteiger charge is -2.30. The molecule has 96 valence electrons. The Balaban J connectivity index is 2.62. The minimum absolute atomic E-state index is 0.0114. The number of hydrogen-bond acceptors (Lipinski definition) is 6. The summed E-state index contributed by atoms with van der Waals surface area (Å²) in [6, 6.07) is 0. The van der Waals surface area contributed by atoms with Crippen LogP contribution < -0.4 is 0 Å². The zero-order chi connectivity index (χ0) is 12.8. The van der Waals surface area contributed by atoms with Gasteiger partial charge in [0.2, 0.25) is 0 Å². The molecule has 0 spiro atoms. The van der Waals surface area contributed by atoms with E-state index in [0.29, 0.717) is 0 Å². The van der Waals surface area contributed by atoms with Gasteiger partial charge in [-0.1, -0.05) is 0 Å². The number of ether oxygens (including phenoxy) is 4. The van der Waals surface area contributed by atoms with E-state index in [1.165, 1.54) is 21.0 Å². The third kappa shape index (κ3) is 4.54. The van der Waals surface area contributed by atoms with Gasteiger partial charge in [0.15, 0.2) is 6.29 Å². The first kappa shape index (κ1) is 13.7. The number of rotatable bonds is 4. The molecule has 0 saturated carbocycles. The lowest BCUT2D eigenvalue weighted by atomic mass is 10.1. The second-order valence-corrected chi connectivity index (χ2v) is 3.54. The Bertz CT molecular complexity index is 311. The van der Waals surface area contributed by atoms with Crippen molar-refractivity contribution in [1.29, 1.82) is 0 Å². The maximum Gasteiger partial charge on any atom is 0.303 e. The average Bonchev–Trinajstić information content (AvgIpc) is 2.27. The monoisotopic (exact) mass is 244 g/mol. The van der Waals surface area contributed by atoms with E-state index in [1.54, 1.807) is 12.2 Å². The Labute approximate surface area is 99.5 Å². The molecule has 0 fully saturated rings. The highest BCUT2D eigenvalue weighted by Gasteiger charge is 2.30. The summed E-state index contributed by atoms with van der Waals surface area (Å²) in [4.78, 5) is 21.6. The van der Waals surface area contributed by atoms with Crippen molar-refractivity contribution in [2.75, 3.05) is 13.7 Å². The number of hydrogen-bond donors (Lipinski definition) is 0. The molecule has 0 unspecified atom stereocenters. The Kier molecular flexibility index (Phi) is 5.11. The second-order valence-electron chi connectivity index (χ2n) is 3.54. The molecular formula is C11H16O6. The predicted molar refractivity (Wildman–Crippen MR) is 57.0 cm³/mol. The Morgan fingerprint density at radius 1 is 1.24 bits per heavy atom. The van der Waals surface area contributed by atoms with Crippen LogP contribution in [0.25, 0.3) is 0 Å². The molecule has 1 aliphatic heterocycles. The molecule has 1 heterocycles. The van der Waals surface area contributed by atoms with Gasteiger partial charge in [-0.2, -0.15) is 0 Å². The van der Waals surface area contributed by atoms with Gasteiger partial charge in [-0.25, -0.2) is 0 Å². The van der Waals surface area contributed by atoms with Crippen LogP contribution >= 0.6 is 0 Å². The van der Waals surface area contributed by atoms with Crippen LogP contribution in [0.3, 0.4) is 0 Å². The Morgan fingerprint density at radius 3 is 2.47 bits per heavy atom. The molecule has 1 aliphatic rings. The van der Waals surface area contributed by atoms with Crippen molar-refractivity contribution < 1.29 is 28.5 Å². The van der Waals surface area contributed by atoms with Crippen molar-refractivity contribution in [1.82, 2.24) is 0 Å². The van der Waals surface area contributed by atoms with Crippen molar-refractivity contribution in [3.63, 3.8) is 0 Å². The van der Waals surface area contributed by atoms with E-state index in [9.17, 15) is 9.59 Å². The van der Waals surface area contributed by atoms with Crippen LogP contribution in [0.1, 0.15) is 13.8 Å². The van der Waals surface area contributed by atoms with E-state index in [4.69, 9.17) is 18.9 Å². The van der Waals surface area contributed by atoms with E-state index in [0.717, 1.165) is 0 Å². The summed E-state index contributed by atoms with van der Waals surface area (Å²) in [5.74, 6) is -0.842. The zero-order valence-electron chi connectivity index (χ0n) is 10.0. The molecule has 1 rings (SSSR count). The van der Waals surface area contributed by atoms with Gasteiger partial charge in [-0.3, -0.25) is 9.59 Å². The second kappa shape index (κ2) is 6.36. The van der Waals surface area contributed by atoms with Gasteiger partial charge in [0, 0.05) is 21.0 Å². The summed E-state index contributed by atoms with van der Waals surface area (Å²) >= 11 is 0. The molecule has 0 aliphatic carbocycles. The third-order valence-corrected chi connectivity index (χ3v) is 2.12. The van der Waals surface area contributed by atoms with Crippen molar-refractivity contribution in [3.05, 3.63) is 12.2 Å². The van der Waals surface area contributed by atoms with Gasteiger partial charge in [0.1, 0.15) is 18.8 Å². The SMILES string of the molecule is CO[C@@H]1C=C[C@@H](OC(C)=O)[C@@H](COC(C)=O)O1. The van der Waals surface area contributed by atoms with E-state index < -0.39 is 30.4 Å². The maximum absolute atomic E-state index is 10.9. The first-order valence-corrected chi connectivity index (χ1v) is 5.20. The minimum atomic E-state index is -0.571. The molecule has 0 radical (unpaired) electrons. The number of carbonyl (C=O) groups excluding carboxylic acids is 2. The Hall–Kier alpha value is -1.40. The molecule has 0 bridgehead atoms. The van der Waals surface area contributed by atoms with Crippen LogP contribution in [0, 0.1) is 0 Å². The fourth-order valence-corrected chi connectivity index (χ4v) is 1.39. The van der Waals surface area contributed by atoms with E-state index >= 15 is 0 Å². The third-order valence-electron chi connectivity index (χ3n) is 2.12. The smallest absolute Gasteiger partial charge is 0.303 e. The van der Waals surface area contributed by atoms with Crippen molar-refractivity contribution >= 4 is 11.9 Å². The average molecular weight is 244 g/mol. The van der Waals surface area contributed by atoms with Crippen LogP contribution in [-0.4, -0.2) is 44.2 Å². The lowest BCUT2D eigenvalue weighted by molar-refractivity contribution is -0.190. The molecule has 0 N–H and O–H groups in total. The minimum Gasteiger partial charge on any atom is -0.463 e. The van der Waals surface area contributed by atoms with Crippen molar-refractivity contribution in [3.8, 4) is 0 Å². The van der Waals surface area contributed by atoms with Crippen molar-refractivity contribution in [2.24, 2.45) is 0 Å². The van der Waals surface area contributed by atoms with Gasteiger partial charge >= 0.3 is 11.9 Å². The van der Waals surface area contributed by atoms with Crippen LogP contribution in [0.4, 0.5) is 0 Å². The molecule has 6 heteroatoms. The fraction of sp³-hybridized carbons (Fsp3) is 0.636. The highest BCUT2D eigenvalue weighted by Crippen LogP contribution is 2.17. The first-order chi connectivity index (χ1) is 8.02. The number of esters is 2. The molecule has 0 saturated heterocycles.